The lowest BCUT2D eigenvalue weighted by Crippen LogP contribution is -2.06. The molecule has 2 aromatic rings. The summed E-state index contributed by atoms with van der Waals surface area (Å²) < 4.78 is 7.01. The van der Waals surface area contributed by atoms with Crippen LogP contribution in [-0.4, -0.2) is 26.4 Å². The zero-order chi connectivity index (χ0) is 12.3. The van der Waals surface area contributed by atoms with E-state index in [-0.39, 0.29) is 0 Å². The Bertz CT molecular complexity index is 508. The second kappa shape index (κ2) is 4.82. The number of nitrogens with two attached hydrogens (primary N) is 1. The molecule has 2 heterocycles. The van der Waals surface area contributed by atoms with Crippen LogP contribution in [0, 0.1) is 6.92 Å². The predicted molar refractivity (Wildman–Crippen MR) is 64.1 cm³/mol. The van der Waals surface area contributed by atoms with E-state index >= 15 is 0 Å². The lowest BCUT2D eigenvalue weighted by Gasteiger charge is -2.06. The molecule has 0 saturated heterocycles. The van der Waals surface area contributed by atoms with Gasteiger partial charge < -0.3 is 10.5 Å². The molecule has 0 radical (unpaired) electrons. The second-order valence-electron chi connectivity index (χ2n) is 3.68. The van der Waals surface area contributed by atoms with Gasteiger partial charge in [0.25, 0.3) is 5.95 Å². The molecule has 0 aliphatic rings. The van der Waals surface area contributed by atoms with Crippen LogP contribution in [0.4, 0.5) is 5.82 Å². The van der Waals surface area contributed by atoms with Crippen molar-refractivity contribution in [3.05, 3.63) is 24.0 Å². The molecule has 90 valence electrons. The molecule has 0 atom stereocenters. The van der Waals surface area contributed by atoms with E-state index in [1.807, 2.05) is 13.8 Å². The van der Waals surface area contributed by atoms with Crippen LogP contribution in [0.15, 0.2) is 18.3 Å². The van der Waals surface area contributed by atoms with Gasteiger partial charge in [-0.15, -0.1) is 5.10 Å². The summed E-state index contributed by atoms with van der Waals surface area (Å²) in [6.07, 6.45) is 2.65. The molecule has 6 heteroatoms. The maximum Gasteiger partial charge on any atom is 0.254 e. The molecular weight excluding hydrogens is 218 g/mol. The van der Waals surface area contributed by atoms with E-state index < -0.39 is 0 Å². The van der Waals surface area contributed by atoms with E-state index in [9.17, 15) is 0 Å². The van der Waals surface area contributed by atoms with E-state index in [1.54, 1.807) is 18.3 Å². The third-order valence-electron chi connectivity index (χ3n) is 2.09. The van der Waals surface area contributed by atoms with Gasteiger partial charge in [-0.1, -0.05) is 6.92 Å². The topological polar surface area (TPSA) is 78.9 Å². The summed E-state index contributed by atoms with van der Waals surface area (Å²) in [4.78, 5) is 8.55. The summed E-state index contributed by atoms with van der Waals surface area (Å²) in [6.45, 7) is 4.57. The molecule has 0 fully saturated rings. The van der Waals surface area contributed by atoms with Crippen molar-refractivity contribution in [1.82, 2.24) is 19.7 Å². The zero-order valence-corrected chi connectivity index (χ0v) is 9.92. The number of hydrogen-bond donors (Lipinski definition) is 1. The van der Waals surface area contributed by atoms with Crippen LogP contribution in [0.25, 0.3) is 5.95 Å². The average molecular weight is 233 g/mol. The third-order valence-corrected chi connectivity index (χ3v) is 2.09. The first-order valence-corrected chi connectivity index (χ1v) is 5.49. The smallest absolute Gasteiger partial charge is 0.254 e. The predicted octanol–water partition coefficient (Wildman–Crippen LogP) is 1.34. The molecule has 2 N–H and O–H groups in total. The van der Waals surface area contributed by atoms with Gasteiger partial charge in [-0.3, -0.25) is 0 Å². The Labute approximate surface area is 99.4 Å². The summed E-state index contributed by atoms with van der Waals surface area (Å²) in [5.41, 5.74) is 6.38. The number of nitrogen functional groups attached to an aromatic ring is 1. The molecule has 17 heavy (non-hydrogen) atoms. The fourth-order valence-electron chi connectivity index (χ4n) is 1.36. The molecule has 0 unspecified atom stereocenters. The second-order valence-corrected chi connectivity index (χ2v) is 3.68. The Morgan fingerprint density at radius 1 is 1.41 bits per heavy atom. The number of anilines is 1. The van der Waals surface area contributed by atoms with E-state index in [0.717, 1.165) is 12.1 Å². The van der Waals surface area contributed by atoms with Crippen molar-refractivity contribution >= 4 is 5.82 Å². The van der Waals surface area contributed by atoms with Crippen LogP contribution in [0.3, 0.4) is 0 Å². The molecule has 0 aliphatic heterocycles. The van der Waals surface area contributed by atoms with Gasteiger partial charge in [-0.25, -0.2) is 9.67 Å². The Kier molecular flexibility index (Phi) is 3.22. The maximum absolute atomic E-state index is 5.55. The number of aryl methyl sites for hydroxylation is 1. The van der Waals surface area contributed by atoms with Crippen LogP contribution in [-0.2, 0) is 0 Å². The molecule has 0 saturated carbocycles. The van der Waals surface area contributed by atoms with Gasteiger partial charge in [0.1, 0.15) is 5.82 Å². The first kappa shape index (κ1) is 11.4. The zero-order valence-electron chi connectivity index (χ0n) is 9.92. The molecule has 6 nitrogen and oxygen atoms in total. The van der Waals surface area contributed by atoms with Crippen LogP contribution < -0.4 is 10.5 Å². The van der Waals surface area contributed by atoms with Crippen molar-refractivity contribution in [2.45, 2.75) is 20.3 Å². The van der Waals surface area contributed by atoms with E-state index in [0.29, 0.717) is 24.3 Å². The lowest BCUT2D eigenvalue weighted by molar-refractivity contribution is 0.304. The van der Waals surface area contributed by atoms with Crippen molar-refractivity contribution in [2.75, 3.05) is 12.3 Å². The van der Waals surface area contributed by atoms with Crippen molar-refractivity contribution in [1.29, 1.82) is 0 Å². The Balaban J connectivity index is 2.31. The summed E-state index contributed by atoms with van der Waals surface area (Å²) >= 11 is 0. The SMILES string of the molecule is CCCOc1cc(C)nc(-n2ccc(N)n2)n1. The van der Waals surface area contributed by atoms with Gasteiger partial charge in [0.05, 0.1) is 6.61 Å². The molecule has 0 amide bonds. The van der Waals surface area contributed by atoms with Crippen LogP contribution in [0.5, 0.6) is 5.88 Å². The Hall–Kier alpha value is -2.11. The average Bonchev–Trinajstić information content (AvgIpc) is 2.72. The van der Waals surface area contributed by atoms with Crippen LogP contribution >= 0.6 is 0 Å². The molecule has 0 aliphatic carbocycles. The summed E-state index contributed by atoms with van der Waals surface area (Å²) in [6, 6.07) is 3.49. The summed E-state index contributed by atoms with van der Waals surface area (Å²) in [5, 5.41) is 4.06. The van der Waals surface area contributed by atoms with Gasteiger partial charge in [0, 0.05) is 24.0 Å². The Morgan fingerprint density at radius 3 is 2.88 bits per heavy atom. The standard InChI is InChI=1S/C11H15N5O/c1-3-6-17-10-7-8(2)13-11(14-10)16-5-4-9(12)15-16/h4-5,7H,3,6H2,1-2H3,(H2,12,15). The Morgan fingerprint density at radius 2 is 2.24 bits per heavy atom. The monoisotopic (exact) mass is 233 g/mol. The quantitative estimate of drug-likeness (QED) is 0.862. The molecular formula is C11H15N5O. The van der Waals surface area contributed by atoms with Crippen LogP contribution in [0.2, 0.25) is 0 Å². The highest BCUT2D eigenvalue weighted by molar-refractivity contribution is 5.29. The van der Waals surface area contributed by atoms with E-state index in [2.05, 4.69) is 15.1 Å². The molecule has 0 bridgehead atoms. The van der Waals surface area contributed by atoms with Crippen molar-refractivity contribution in [2.24, 2.45) is 0 Å². The van der Waals surface area contributed by atoms with Gasteiger partial charge in [0.2, 0.25) is 5.88 Å². The fourth-order valence-corrected chi connectivity index (χ4v) is 1.36. The number of hydrogen-bond acceptors (Lipinski definition) is 5. The van der Waals surface area contributed by atoms with Gasteiger partial charge >= 0.3 is 0 Å². The normalized spacial score (nSPS) is 10.5. The number of aromatic nitrogens is 4. The highest BCUT2D eigenvalue weighted by atomic mass is 16.5. The number of nitrogens with zero attached hydrogens (tertiary/aromatic N) is 4. The third kappa shape index (κ3) is 2.72. The highest BCUT2D eigenvalue weighted by Gasteiger charge is 2.06. The highest BCUT2D eigenvalue weighted by Crippen LogP contribution is 2.12. The van der Waals surface area contributed by atoms with Crippen molar-refractivity contribution < 1.29 is 4.74 Å². The first-order chi connectivity index (χ1) is 8.19. The summed E-state index contributed by atoms with van der Waals surface area (Å²) in [5.74, 6) is 1.46. The maximum atomic E-state index is 5.55. The van der Waals surface area contributed by atoms with E-state index in [1.165, 1.54) is 4.68 Å². The number of ether oxygens (including phenoxy) is 1. The van der Waals surface area contributed by atoms with E-state index in [4.69, 9.17) is 10.5 Å². The van der Waals surface area contributed by atoms with Crippen molar-refractivity contribution in [3.8, 4) is 11.8 Å². The summed E-state index contributed by atoms with van der Waals surface area (Å²) in [7, 11) is 0. The molecule has 2 aromatic heterocycles. The molecule has 0 spiro atoms. The first-order valence-electron chi connectivity index (χ1n) is 5.49. The largest absolute Gasteiger partial charge is 0.478 e. The molecule has 2 rings (SSSR count). The lowest BCUT2D eigenvalue weighted by atomic mass is 10.4. The van der Waals surface area contributed by atoms with Crippen molar-refractivity contribution in [3.63, 3.8) is 0 Å². The van der Waals surface area contributed by atoms with Gasteiger partial charge in [-0.05, 0) is 13.3 Å². The van der Waals surface area contributed by atoms with Crippen LogP contribution in [0.1, 0.15) is 19.0 Å². The minimum atomic E-state index is 0.436. The fraction of sp³-hybridized carbons (Fsp3) is 0.364. The minimum absolute atomic E-state index is 0.436. The number of rotatable bonds is 4. The molecule has 0 aromatic carbocycles. The van der Waals surface area contributed by atoms with Gasteiger partial charge in [-0.2, -0.15) is 4.98 Å². The minimum Gasteiger partial charge on any atom is -0.478 e. The van der Waals surface area contributed by atoms with Gasteiger partial charge in [0.15, 0.2) is 0 Å².